The number of piperazine rings is 1. The normalized spacial score (nSPS) is 13.9. The molecule has 0 saturated carbocycles. The summed E-state index contributed by atoms with van der Waals surface area (Å²) in [4.78, 5) is 41.0. The van der Waals surface area contributed by atoms with Crippen LogP contribution in [0.3, 0.4) is 0 Å². The van der Waals surface area contributed by atoms with Crippen molar-refractivity contribution in [3.63, 3.8) is 0 Å². The summed E-state index contributed by atoms with van der Waals surface area (Å²) in [7, 11) is 0. The van der Waals surface area contributed by atoms with Crippen molar-refractivity contribution in [2.75, 3.05) is 36.4 Å². The fraction of sp³-hybridized carbons (Fsp3) is 0.348. The number of aromatic nitrogens is 3. The number of hydrogen-bond donors (Lipinski definition) is 1. The van der Waals surface area contributed by atoms with Crippen LogP contribution in [-0.4, -0.2) is 57.7 Å². The van der Waals surface area contributed by atoms with Crippen LogP contribution in [0.1, 0.15) is 25.3 Å². The van der Waals surface area contributed by atoms with Gasteiger partial charge in [0.1, 0.15) is 11.6 Å². The zero-order valence-corrected chi connectivity index (χ0v) is 18.7. The van der Waals surface area contributed by atoms with Crippen LogP contribution in [0.5, 0.6) is 0 Å². The van der Waals surface area contributed by atoms with E-state index in [2.05, 4.69) is 25.2 Å². The van der Waals surface area contributed by atoms with Gasteiger partial charge in [-0.05, 0) is 24.6 Å². The molecule has 1 amide bonds. The lowest BCUT2D eigenvalue weighted by Crippen LogP contribution is -2.49. The fourth-order valence-corrected chi connectivity index (χ4v) is 3.91. The second kappa shape index (κ2) is 9.91. The molecule has 1 aromatic carbocycles. The van der Waals surface area contributed by atoms with Gasteiger partial charge in [-0.25, -0.2) is 15.0 Å². The second-order valence-corrected chi connectivity index (χ2v) is 8.18. The Morgan fingerprint density at radius 3 is 2.59 bits per heavy atom. The molecule has 1 aliphatic heterocycles. The maximum atomic E-state index is 12.3. The molecule has 0 aliphatic carbocycles. The highest BCUT2D eigenvalue weighted by molar-refractivity contribution is 6.31. The van der Waals surface area contributed by atoms with Crippen molar-refractivity contribution in [2.45, 2.75) is 26.3 Å². The third-order valence-corrected chi connectivity index (χ3v) is 5.87. The van der Waals surface area contributed by atoms with Gasteiger partial charge < -0.3 is 19.9 Å². The van der Waals surface area contributed by atoms with E-state index >= 15 is 0 Å². The van der Waals surface area contributed by atoms with Gasteiger partial charge in [-0.3, -0.25) is 4.79 Å². The number of pyridine rings is 1. The summed E-state index contributed by atoms with van der Waals surface area (Å²) in [5, 5.41) is 4.79. The van der Waals surface area contributed by atoms with E-state index in [4.69, 9.17) is 11.6 Å². The molecule has 166 valence electrons. The molecule has 1 saturated heterocycles. The Bertz CT molecular complexity index is 1130. The smallest absolute Gasteiger partial charge is 0.223 e. The highest BCUT2D eigenvalue weighted by Gasteiger charge is 2.23. The zero-order valence-electron chi connectivity index (χ0n) is 17.9. The molecule has 0 radical (unpaired) electrons. The van der Waals surface area contributed by atoms with Gasteiger partial charge in [0.2, 0.25) is 11.9 Å². The molecule has 2 aromatic heterocycles. The number of benzene rings is 1. The highest BCUT2D eigenvalue weighted by Crippen LogP contribution is 2.25. The van der Waals surface area contributed by atoms with Crippen LogP contribution in [0, 0.1) is 0 Å². The van der Waals surface area contributed by atoms with Crippen LogP contribution in [0.25, 0.3) is 10.9 Å². The van der Waals surface area contributed by atoms with E-state index in [1.54, 1.807) is 12.4 Å². The van der Waals surface area contributed by atoms with E-state index in [1.165, 1.54) is 6.92 Å². The molecule has 9 heteroatoms. The van der Waals surface area contributed by atoms with E-state index < -0.39 is 0 Å². The predicted molar refractivity (Wildman–Crippen MR) is 125 cm³/mol. The number of ketones is 1. The lowest BCUT2D eigenvalue weighted by Gasteiger charge is -2.35. The first kappa shape index (κ1) is 22.0. The highest BCUT2D eigenvalue weighted by atomic mass is 35.5. The Hall–Kier alpha value is -3.26. The van der Waals surface area contributed by atoms with Crippen LogP contribution in [0.4, 0.5) is 11.8 Å². The van der Waals surface area contributed by atoms with Gasteiger partial charge in [-0.1, -0.05) is 29.8 Å². The fourth-order valence-electron chi connectivity index (χ4n) is 3.70. The average Bonchev–Trinajstić information content (AvgIpc) is 2.81. The lowest BCUT2D eigenvalue weighted by molar-refractivity contribution is -0.133. The molecule has 1 N–H and O–H groups in total. The van der Waals surface area contributed by atoms with Crippen molar-refractivity contribution in [3.8, 4) is 0 Å². The largest absolute Gasteiger partial charge is 0.352 e. The molecule has 32 heavy (non-hydrogen) atoms. The number of amides is 1. The van der Waals surface area contributed by atoms with Gasteiger partial charge in [0.25, 0.3) is 0 Å². The number of halogens is 1. The maximum absolute atomic E-state index is 12.3. The SMILES string of the molecule is CC(=O)CCC(=O)N1CCN(c2nccc3nc(NCc4ccccc4Cl)ncc23)CC1. The van der Waals surface area contributed by atoms with Gasteiger partial charge in [-0.2, -0.15) is 0 Å². The first-order valence-electron chi connectivity index (χ1n) is 10.6. The van der Waals surface area contributed by atoms with Gasteiger partial charge in [-0.15, -0.1) is 0 Å². The molecule has 0 spiro atoms. The maximum Gasteiger partial charge on any atom is 0.223 e. The first-order chi connectivity index (χ1) is 15.5. The van der Waals surface area contributed by atoms with E-state index in [9.17, 15) is 9.59 Å². The minimum Gasteiger partial charge on any atom is -0.352 e. The Balaban J connectivity index is 1.42. The standard InChI is InChI=1S/C23H25ClN6O2/c1-16(31)6-7-21(32)29-10-12-30(13-11-29)22-18-15-27-23(28-20(18)8-9-25-22)26-14-17-4-2-3-5-19(17)24/h2-5,8-9,15H,6-7,10-14H2,1H3,(H,26,27,28). The molecular weight excluding hydrogens is 428 g/mol. The van der Waals surface area contributed by atoms with Gasteiger partial charge in [0, 0.05) is 63.0 Å². The van der Waals surface area contributed by atoms with Crippen LogP contribution in [-0.2, 0) is 16.1 Å². The Morgan fingerprint density at radius 2 is 1.84 bits per heavy atom. The molecule has 1 aliphatic rings. The van der Waals surface area contributed by atoms with Gasteiger partial charge in [0.15, 0.2) is 0 Å². The van der Waals surface area contributed by atoms with Crippen molar-refractivity contribution in [3.05, 3.63) is 53.3 Å². The van der Waals surface area contributed by atoms with Crippen molar-refractivity contribution >= 4 is 46.0 Å². The van der Waals surface area contributed by atoms with Crippen LogP contribution < -0.4 is 10.2 Å². The summed E-state index contributed by atoms with van der Waals surface area (Å²) in [5.41, 5.74) is 1.77. The quantitative estimate of drug-likeness (QED) is 0.588. The van der Waals surface area contributed by atoms with E-state index in [0.717, 1.165) is 22.3 Å². The predicted octanol–water partition coefficient (Wildman–Crippen LogP) is 3.31. The topological polar surface area (TPSA) is 91.3 Å². The summed E-state index contributed by atoms with van der Waals surface area (Å²) in [6.07, 6.45) is 4.10. The summed E-state index contributed by atoms with van der Waals surface area (Å²) >= 11 is 6.22. The Labute approximate surface area is 191 Å². The molecular formula is C23H25ClN6O2. The third-order valence-electron chi connectivity index (χ3n) is 5.51. The zero-order chi connectivity index (χ0) is 22.5. The molecule has 8 nitrogen and oxygen atoms in total. The van der Waals surface area contributed by atoms with E-state index in [1.807, 2.05) is 35.2 Å². The first-order valence-corrected chi connectivity index (χ1v) is 11.0. The number of carbonyl (C=O) groups excluding carboxylic acids is 2. The van der Waals surface area contributed by atoms with Crippen molar-refractivity contribution in [2.24, 2.45) is 0 Å². The number of anilines is 2. The number of nitrogens with one attached hydrogen (secondary N) is 1. The molecule has 0 unspecified atom stereocenters. The van der Waals surface area contributed by atoms with Gasteiger partial charge in [0.05, 0.1) is 10.9 Å². The number of hydrogen-bond acceptors (Lipinski definition) is 7. The average molecular weight is 453 g/mol. The lowest BCUT2D eigenvalue weighted by atomic mass is 10.2. The number of fused-ring (bicyclic) bond motifs is 1. The molecule has 1 fully saturated rings. The Morgan fingerprint density at radius 1 is 1.06 bits per heavy atom. The molecule has 3 aromatic rings. The summed E-state index contributed by atoms with van der Waals surface area (Å²) in [6.45, 7) is 4.59. The monoisotopic (exact) mass is 452 g/mol. The summed E-state index contributed by atoms with van der Waals surface area (Å²) in [6, 6.07) is 9.52. The number of carbonyl (C=O) groups is 2. The molecule has 0 atom stereocenters. The second-order valence-electron chi connectivity index (χ2n) is 7.78. The summed E-state index contributed by atoms with van der Waals surface area (Å²) < 4.78 is 0. The Kier molecular flexibility index (Phi) is 6.80. The van der Waals surface area contributed by atoms with Crippen molar-refractivity contribution in [1.29, 1.82) is 0 Å². The molecule has 3 heterocycles. The number of Topliss-reactive ketones (excluding diaryl/α,β-unsaturated/α-hetero) is 1. The van der Waals surface area contributed by atoms with Crippen LogP contribution in [0.15, 0.2) is 42.7 Å². The number of nitrogens with zero attached hydrogens (tertiary/aromatic N) is 5. The van der Waals surface area contributed by atoms with Crippen LogP contribution >= 0.6 is 11.6 Å². The minimum atomic E-state index is 0.0308. The van der Waals surface area contributed by atoms with Crippen LogP contribution in [0.2, 0.25) is 5.02 Å². The van der Waals surface area contributed by atoms with Crippen molar-refractivity contribution in [1.82, 2.24) is 19.9 Å². The molecule has 4 rings (SSSR count). The van der Waals surface area contributed by atoms with Crippen molar-refractivity contribution < 1.29 is 9.59 Å². The summed E-state index contributed by atoms with van der Waals surface area (Å²) in [5.74, 6) is 1.41. The number of rotatable bonds is 7. The van der Waals surface area contributed by atoms with Gasteiger partial charge >= 0.3 is 0 Å². The third kappa shape index (κ3) is 5.13. The minimum absolute atomic E-state index is 0.0308. The molecule has 0 bridgehead atoms. The van der Waals surface area contributed by atoms with E-state index in [0.29, 0.717) is 50.1 Å². The van der Waals surface area contributed by atoms with E-state index in [-0.39, 0.29) is 18.1 Å².